The summed E-state index contributed by atoms with van der Waals surface area (Å²) in [6, 6.07) is 4.11. The normalized spacial score (nSPS) is 20.2. The number of anilines is 1. The number of H-pyrrole nitrogens is 1. The summed E-state index contributed by atoms with van der Waals surface area (Å²) in [5.74, 6) is -0.757. The van der Waals surface area contributed by atoms with Gasteiger partial charge in [0.25, 0.3) is 5.91 Å². The Labute approximate surface area is 131 Å². The molecule has 1 atom stereocenters. The molecule has 8 nitrogen and oxygen atoms in total. The van der Waals surface area contributed by atoms with Gasteiger partial charge in [-0.15, -0.1) is 10.2 Å². The fourth-order valence-electron chi connectivity index (χ4n) is 2.12. The van der Waals surface area contributed by atoms with E-state index in [2.05, 4.69) is 25.9 Å². The van der Waals surface area contributed by atoms with Crippen LogP contribution in [0.5, 0.6) is 0 Å². The van der Waals surface area contributed by atoms with Gasteiger partial charge in [-0.05, 0) is 37.3 Å². The van der Waals surface area contributed by atoms with Crippen LogP contribution in [0.1, 0.15) is 13.8 Å². The van der Waals surface area contributed by atoms with Crippen LogP contribution in [-0.4, -0.2) is 51.5 Å². The molecule has 23 heavy (non-hydrogen) atoms. The number of amides is 1. The Balaban J connectivity index is 1.71. The number of rotatable bonds is 3. The fourth-order valence-corrected chi connectivity index (χ4v) is 2.12. The minimum absolute atomic E-state index is 0.109. The van der Waals surface area contributed by atoms with Crippen LogP contribution in [0, 0.1) is 5.82 Å². The molecule has 1 aromatic heterocycles. The summed E-state index contributed by atoms with van der Waals surface area (Å²) >= 11 is 0. The van der Waals surface area contributed by atoms with Crippen molar-refractivity contribution in [2.45, 2.75) is 25.6 Å². The van der Waals surface area contributed by atoms with E-state index in [1.54, 1.807) is 0 Å². The molecule has 0 radical (unpaired) electrons. The van der Waals surface area contributed by atoms with E-state index >= 15 is 0 Å². The van der Waals surface area contributed by atoms with E-state index in [9.17, 15) is 9.18 Å². The van der Waals surface area contributed by atoms with Crippen molar-refractivity contribution in [1.29, 1.82) is 0 Å². The van der Waals surface area contributed by atoms with Gasteiger partial charge in [0.15, 0.2) is 6.10 Å². The number of carbonyl (C=O) groups excluding carboxylic acids is 1. The minimum Gasteiger partial charge on any atom is -0.370 e. The van der Waals surface area contributed by atoms with Crippen molar-refractivity contribution >= 4 is 11.6 Å². The number of aromatic amines is 1. The molecule has 0 saturated carbocycles. The Bertz CT molecular complexity index is 694. The van der Waals surface area contributed by atoms with E-state index in [1.807, 2.05) is 13.8 Å². The van der Waals surface area contributed by atoms with E-state index in [0.29, 0.717) is 12.3 Å². The van der Waals surface area contributed by atoms with Crippen LogP contribution in [-0.2, 0) is 14.3 Å². The van der Waals surface area contributed by atoms with Crippen LogP contribution >= 0.6 is 0 Å². The number of ether oxygens (including phenoxy) is 2. The van der Waals surface area contributed by atoms with Crippen LogP contribution in [0.2, 0.25) is 0 Å². The van der Waals surface area contributed by atoms with Gasteiger partial charge in [-0.25, -0.2) is 4.39 Å². The van der Waals surface area contributed by atoms with Crippen molar-refractivity contribution in [2.24, 2.45) is 0 Å². The number of tetrazole rings is 1. The summed E-state index contributed by atoms with van der Waals surface area (Å²) in [4.78, 5) is 12.2. The zero-order valence-corrected chi connectivity index (χ0v) is 12.7. The van der Waals surface area contributed by atoms with Gasteiger partial charge in [-0.2, -0.15) is 5.21 Å². The Morgan fingerprint density at radius 3 is 2.96 bits per heavy atom. The zero-order chi connectivity index (χ0) is 16.4. The highest BCUT2D eigenvalue weighted by atomic mass is 19.1. The standard InChI is InChI=1S/C14H16FN5O3/c1-14(2)7-22-11(6-23-14)13(21)16-8-3-4-10(15)9(5-8)12-17-19-20-18-12/h3-5,11H,6-7H2,1-2H3,(H,16,21)(H,17,18,19,20). The lowest BCUT2D eigenvalue weighted by molar-refractivity contribution is -0.179. The zero-order valence-electron chi connectivity index (χ0n) is 12.7. The molecule has 1 aliphatic rings. The first-order valence-electron chi connectivity index (χ1n) is 7.04. The number of nitrogens with zero attached hydrogens (tertiary/aromatic N) is 3. The molecule has 1 aliphatic heterocycles. The Hall–Kier alpha value is -2.39. The van der Waals surface area contributed by atoms with Gasteiger partial charge in [-0.3, -0.25) is 4.79 Å². The van der Waals surface area contributed by atoms with E-state index in [0.717, 1.165) is 0 Å². The molecule has 0 bridgehead atoms. The van der Waals surface area contributed by atoms with Crippen molar-refractivity contribution in [1.82, 2.24) is 20.6 Å². The van der Waals surface area contributed by atoms with Crippen molar-refractivity contribution < 1.29 is 18.7 Å². The van der Waals surface area contributed by atoms with Crippen molar-refractivity contribution in [3.63, 3.8) is 0 Å². The average molecular weight is 321 g/mol. The van der Waals surface area contributed by atoms with E-state index in [-0.39, 0.29) is 23.9 Å². The second kappa shape index (κ2) is 6.01. The number of aromatic nitrogens is 4. The molecule has 1 amide bonds. The maximum Gasteiger partial charge on any atom is 0.255 e. The number of nitrogens with one attached hydrogen (secondary N) is 2. The van der Waals surface area contributed by atoms with Gasteiger partial charge in [0.1, 0.15) is 5.82 Å². The molecule has 2 aromatic rings. The molecule has 9 heteroatoms. The fraction of sp³-hybridized carbons (Fsp3) is 0.429. The molecule has 122 valence electrons. The summed E-state index contributed by atoms with van der Waals surface area (Å²) in [5, 5.41) is 15.8. The van der Waals surface area contributed by atoms with Gasteiger partial charge < -0.3 is 14.8 Å². The minimum atomic E-state index is -0.707. The molecule has 1 aromatic carbocycles. The predicted octanol–water partition coefficient (Wildman–Crippen LogP) is 1.14. The summed E-state index contributed by atoms with van der Waals surface area (Å²) in [6.45, 7) is 4.26. The van der Waals surface area contributed by atoms with Gasteiger partial charge in [-0.1, -0.05) is 0 Å². The van der Waals surface area contributed by atoms with Gasteiger partial charge in [0, 0.05) is 5.69 Å². The second-order valence-corrected chi connectivity index (χ2v) is 5.79. The number of hydrogen-bond donors (Lipinski definition) is 2. The highest BCUT2D eigenvalue weighted by Crippen LogP contribution is 2.23. The Morgan fingerprint density at radius 2 is 2.30 bits per heavy atom. The maximum absolute atomic E-state index is 13.8. The number of halogens is 1. The van der Waals surface area contributed by atoms with Crippen molar-refractivity contribution in [3.05, 3.63) is 24.0 Å². The highest BCUT2D eigenvalue weighted by molar-refractivity contribution is 5.94. The lowest BCUT2D eigenvalue weighted by Crippen LogP contribution is -2.47. The number of carbonyl (C=O) groups is 1. The largest absolute Gasteiger partial charge is 0.370 e. The first-order valence-corrected chi connectivity index (χ1v) is 7.04. The van der Waals surface area contributed by atoms with E-state index in [4.69, 9.17) is 9.47 Å². The third-order valence-electron chi connectivity index (χ3n) is 3.37. The first kappa shape index (κ1) is 15.5. The second-order valence-electron chi connectivity index (χ2n) is 5.79. The third-order valence-corrected chi connectivity index (χ3v) is 3.37. The van der Waals surface area contributed by atoms with Gasteiger partial charge in [0.2, 0.25) is 5.82 Å². The topological polar surface area (TPSA) is 102 Å². The quantitative estimate of drug-likeness (QED) is 0.879. The summed E-state index contributed by atoms with van der Waals surface area (Å²) in [7, 11) is 0. The van der Waals surface area contributed by atoms with Crippen molar-refractivity contribution in [2.75, 3.05) is 18.5 Å². The van der Waals surface area contributed by atoms with Crippen LogP contribution in [0.25, 0.3) is 11.4 Å². The molecule has 2 heterocycles. The van der Waals surface area contributed by atoms with Crippen LogP contribution in [0.4, 0.5) is 10.1 Å². The van der Waals surface area contributed by atoms with Crippen LogP contribution in [0.15, 0.2) is 18.2 Å². The lowest BCUT2D eigenvalue weighted by Gasteiger charge is -2.34. The molecule has 2 N–H and O–H groups in total. The SMILES string of the molecule is CC1(C)COC(C(=O)Nc2ccc(F)c(-c3nn[nH]n3)c2)CO1. The maximum atomic E-state index is 13.8. The van der Waals surface area contributed by atoms with Crippen molar-refractivity contribution in [3.8, 4) is 11.4 Å². The predicted molar refractivity (Wildman–Crippen MR) is 78.0 cm³/mol. The summed E-state index contributed by atoms with van der Waals surface area (Å²) in [5.41, 5.74) is 0.140. The lowest BCUT2D eigenvalue weighted by atomic mass is 10.1. The Kier molecular flexibility index (Phi) is 4.05. The monoisotopic (exact) mass is 321 g/mol. The van der Waals surface area contributed by atoms with Gasteiger partial charge >= 0.3 is 0 Å². The molecule has 1 saturated heterocycles. The number of hydrogen-bond acceptors (Lipinski definition) is 6. The van der Waals surface area contributed by atoms with E-state index < -0.39 is 17.5 Å². The summed E-state index contributed by atoms with van der Waals surface area (Å²) < 4.78 is 24.9. The average Bonchev–Trinajstić information content (AvgIpc) is 3.03. The smallest absolute Gasteiger partial charge is 0.255 e. The molecule has 1 unspecified atom stereocenters. The highest BCUT2D eigenvalue weighted by Gasteiger charge is 2.32. The molecular formula is C14H16FN5O3. The first-order chi connectivity index (χ1) is 10.9. The molecule has 3 rings (SSSR count). The van der Waals surface area contributed by atoms with Crippen LogP contribution < -0.4 is 5.32 Å². The molecule has 0 aliphatic carbocycles. The molecular weight excluding hydrogens is 305 g/mol. The van der Waals surface area contributed by atoms with E-state index in [1.165, 1.54) is 18.2 Å². The third kappa shape index (κ3) is 3.51. The summed E-state index contributed by atoms with van der Waals surface area (Å²) in [6.07, 6.45) is -0.707. The number of benzene rings is 1. The Morgan fingerprint density at radius 1 is 1.48 bits per heavy atom. The van der Waals surface area contributed by atoms with Gasteiger partial charge in [0.05, 0.1) is 24.4 Å². The molecule has 1 fully saturated rings. The van der Waals surface area contributed by atoms with Crippen LogP contribution in [0.3, 0.4) is 0 Å². The molecule has 0 spiro atoms.